The number of hydrogen-bond acceptors (Lipinski definition) is 9. The SMILES string of the molecule is C=CCOc1ccc(C2C(=C(O)c3ccc(F)cc3)C(=O)C(=O)N2c2nnc(SCc3ccc(C)cc3)s2)cc1OCC. The highest BCUT2D eigenvalue weighted by atomic mass is 32.2. The van der Waals surface area contributed by atoms with E-state index in [9.17, 15) is 19.1 Å². The Bertz CT molecular complexity index is 1690. The van der Waals surface area contributed by atoms with Crippen LogP contribution in [-0.4, -0.2) is 40.2 Å². The van der Waals surface area contributed by atoms with Crippen molar-refractivity contribution in [2.45, 2.75) is 30.0 Å². The molecule has 0 aliphatic carbocycles. The first-order valence-corrected chi connectivity index (χ1v) is 15.2. The average Bonchev–Trinajstić information content (AvgIpc) is 3.58. The van der Waals surface area contributed by atoms with Crippen LogP contribution in [0.1, 0.15) is 35.2 Å². The maximum atomic E-state index is 13.7. The van der Waals surface area contributed by atoms with Crippen molar-refractivity contribution in [1.29, 1.82) is 0 Å². The van der Waals surface area contributed by atoms with E-state index >= 15 is 0 Å². The van der Waals surface area contributed by atoms with Gasteiger partial charge in [0.2, 0.25) is 5.13 Å². The number of aryl methyl sites for hydroxylation is 1. The Morgan fingerprint density at radius 1 is 1.07 bits per heavy atom. The van der Waals surface area contributed by atoms with Gasteiger partial charge in [0.15, 0.2) is 15.8 Å². The van der Waals surface area contributed by atoms with E-state index in [4.69, 9.17) is 9.47 Å². The van der Waals surface area contributed by atoms with E-state index < -0.39 is 29.3 Å². The Labute approximate surface area is 256 Å². The molecule has 0 radical (unpaired) electrons. The van der Waals surface area contributed by atoms with Crippen molar-refractivity contribution in [1.82, 2.24) is 10.2 Å². The minimum Gasteiger partial charge on any atom is -0.507 e. The number of nitrogens with zero attached hydrogens (tertiary/aromatic N) is 3. The number of aliphatic hydroxyl groups is 1. The number of aromatic nitrogens is 2. The predicted octanol–water partition coefficient (Wildman–Crippen LogP) is 6.87. The van der Waals surface area contributed by atoms with Gasteiger partial charge in [0, 0.05) is 11.3 Å². The summed E-state index contributed by atoms with van der Waals surface area (Å²) in [5.41, 5.74) is 2.77. The largest absolute Gasteiger partial charge is 0.507 e. The zero-order chi connectivity index (χ0) is 30.5. The molecule has 11 heteroatoms. The third-order valence-corrected chi connectivity index (χ3v) is 8.71. The van der Waals surface area contributed by atoms with Gasteiger partial charge in [-0.25, -0.2) is 4.39 Å². The van der Waals surface area contributed by atoms with Crippen LogP contribution >= 0.6 is 23.1 Å². The number of rotatable bonds is 11. The molecule has 5 rings (SSSR count). The zero-order valence-electron chi connectivity index (χ0n) is 23.5. The number of hydrogen-bond donors (Lipinski definition) is 1. The van der Waals surface area contributed by atoms with E-state index in [0.717, 1.165) is 11.1 Å². The number of amides is 1. The number of halogens is 1. The fourth-order valence-corrected chi connectivity index (χ4v) is 6.35. The smallest absolute Gasteiger partial charge is 0.301 e. The van der Waals surface area contributed by atoms with Crippen LogP contribution in [0.2, 0.25) is 0 Å². The Hall–Kier alpha value is -4.48. The number of ketones is 1. The maximum absolute atomic E-state index is 13.7. The van der Waals surface area contributed by atoms with Crippen LogP contribution < -0.4 is 14.4 Å². The molecule has 43 heavy (non-hydrogen) atoms. The minimum atomic E-state index is -1.07. The van der Waals surface area contributed by atoms with Gasteiger partial charge in [-0.2, -0.15) is 0 Å². The van der Waals surface area contributed by atoms with Gasteiger partial charge in [0.05, 0.1) is 18.2 Å². The minimum absolute atomic E-state index is 0.164. The summed E-state index contributed by atoms with van der Waals surface area (Å²) >= 11 is 2.63. The molecule has 4 aromatic rings. The molecule has 8 nitrogen and oxygen atoms in total. The molecule has 220 valence electrons. The molecule has 1 N–H and O–H groups in total. The van der Waals surface area contributed by atoms with Crippen LogP contribution in [0.4, 0.5) is 9.52 Å². The van der Waals surface area contributed by atoms with Crippen molar-refractivity contribution >= 4 is 45.7 Å². The van der Waals surface area contributed by atoms with Crippen molar-refractivity contribution in [3.8, 4) is 11.5 Å². The van der Waals surface area contributed by atoms with Gasteiger partial charge < -0.3 is 14.6 Å². The van der Waals surface area contributed by atoms with E-state index in [1.807, 2.05) is 38.1 Å². The Morgan fingerprint density at radius 2 is 1.81 bits per heavy atom. The molecule has 0 bridgehead atoms. The highest BCUT2D eigenvalue weighted by Crippen LogP contribution is 2.45. The average molecular weight is 618 g/mol. The van der Waals surface area contributed by atoms with E-state index in [1.54, 1.807) is 24.3 Å². The molecule has 2 heterocycles. The van der Waals surface area contributed by atoms with E-state index in [1.165, 1.54) is 52.3 Å². The third-order valence-electron chi connectivity index (χ3n) is 6.59. The Morgan fingerprint density at radius 3 is 2.51 bits per heavy atom. The van der Waals surface area contributed by atoms with E-state index in [2.05, 4.69) is 16.8 Å². The summed E-state index contributed by atoms with van der Waals surface area (Å²) in [7, 11) is 0. The molecular formula is C32H28FN3O5S2. The number of anilines is 1. The van der Waals surface area contributed by atoms with Gasteiger partial charge in [0.1, 0.15) is 18.2 Å². The first-order valence-electron chi connectivity index (χ1n) is 13.4. The summed E-state index contributed by atoms with van der Waals surface area (Å²) in [5.74, 6) is -1.23. The fourth-order valence-electron chi connectivity index (χ4n) is 4.53. The summed E-state index contributed by atoms with van der Waals surface area (Å²) in [6.45, 7) is 8.10. The standard InChI is InChI=1S/C32H28FN3O5S2/c1-4-16-41-24-15-12-22(17-25(24)40-5-2)27-26(28(37)21-10-13-23(33)14-11-21)29(38)30(39)36(27)31-34-35-32(43-31)42-18-20-8-6-19(3)7-9-20/h4,6-15,17,27,37H,1,5,16,18H2,2-3H3. The number of thioether (sulfide) groups is 1. The third kappa shape index (κ3) is 6.47. The van der Waals surface area contributed by atoms with Crippen molar-refractivity contribution < 1.29 is 28.6 Å². The first-order chi connectivity index (χ1) is 20.8. The van der Waals surface area contributed by atoms with Gasteiger partial charge in [-0.1, -0.05) is 71.6 Å². The van der Waals surface area contributed by atoms with Crippen LogP contribution in [0.25, 0.3) is 5.76 Å². The van der Waals surface area contributed by atoms with Gasteiger partial charge in [-0.3, -0.25) is 14.5 Å². The first kappa shape index (κ1) is 30.0. The number of aliphatic hydroxyl groups excluding tert-OH is 1. The monoisotopic (exact) mass is 617 g/mol. The lowest BCUT2D eigenvalue weighted by atomic mass is 9.95. The van der Waals surface area contributed by atoms with Crippen molar-refractivity contribution in [3.05, 3.63) is 113 Å². The Balaban J connectivity index is 1.57. The lowest BCUT2D eigenvalue weighted by molar-refractivity contribution is -0.132. The van der Waals surface area contributed by atoms with Gasteiger partial charge >= 0.3 is 5.91 Å². The topological polar surface area (TPSA) is 102 Å². The van der Waals surface area contributed by atoms with Crippen LogP contribution in [-0.2, 0) is 15.3 Å². The number of ether oxygens (including phenoxy) is 2. The molecule has 1 saturated heterocycles. The van der Waals surface area contributed by atoms with Crippen molar-refractivity contribution in [2.75, 3.05) is 18.1 Å². The van der Waals surface area contributed by atoms with Gasteiger partial charge in [-0.15, -0.1) is 10.2 Å². The molecule has 0 spiro atoms. The van der Waals surface area contributed by atoms with E-state index in [0.29, 0.717) is 33.8 Å². The van der Waals surface area contributed by atoms with Crippen LogP contribution in [0.15, 0.2) is 89.3 Å². The summed E-state index contributed by atoms with van der Waals surface area (Å²) in [6, 6.07) is 17.1. The highest BCUT2D eigenvalue weighted by molar-refractivity contribution is 8.00. The molecule has 0 saturated carbocycles. The summed E-state index contributed by atoms with van der Waals surface area (Å²) in [6.07, 6.45) is 1.60. The fraction of sp³-hybridized carbons (Fsp3) is 0.188. The van der Waals surface area contributed by atoms with E-state index in [-0.39, 0.29) is 22.9 Å². The second-order valence-corrected chi connectivity index (χ2v) is 11.7. The number of carbonyl (C=O) groups excluding carboxylic acids is 2. The van der Waals surface area contributed by atoms with Crippen LogP contribution in [0.3, 0.4) is 0 Å². The van der Waals surface area contributed by atoms with Crippen molar-refractivity contribution in [2.24, 2.45) is 0 Å². The predicted molar refractivity (Wildman–Crippen MR) is 165 cm³/mol. The van der Waals surface area contributed by atoms with Crippen LogP contribution in [0, 0.1) is 12.7 Å². The molecule has 1 unspecified atom stereocenters. The lowest BCUT2D eigenvalue weighted by Crippen LogP contribution is -2.29. The molecular weight excluding hydrogens is 590 g/mol. The number of Topliss-reactive ketones (excluding diaryl/α,β-unsaturated/α-hetero) is 1. The summed E-state index contributed by atoms with van der Waals surface area (Å²) < 4.78 is 25.8. The molecule has 1 amide bonds. The maximum Gasteiger partial charge on any atom is 0.301 e. The van der Waals surface area contributed by atoms with Gasteiger partial charge in [-0.05, 0) is 61.4 Å². The molecule has 3 aromatic carbocycles. The summed E-state index contributed by atoms with van der Waals surface area (Å²) in [5, 5.41) is 20.0. The van der Waals surface area contributed by atoms with Crippen LogP contribution in [0.5, 0.6) is 11.5 Å². The Kier molecular flexibility index (Phi) is 9.22. The quantitative estimate of drug-likeness (QED) is 0.0486. The van der Waals surface area contributed by atoms with Gasteiger partial charge in [0.25, 0.3) is 5.78 Å². The molecule has 1 aliphatic rings. The molecule has 1 aromatic heterocycles. The second kappa shape index (κ2) is 13.2. The molecule has 1 atom stereocenters. The molecule has 1 fully saturated rings. The molecule has 1 aliphatic heterocycles. The zero-order valence-corrected chi connectivity index (χ0v) is 25.1. The lowest BCUT2D eigenvalue weighted by Gasteiger charge is -2.23. The second-order valence-electron chi connectivity index (χ2n) is 9.54. The van der Waals surface area contributed by atoms with Crippen molar-refractivity contribution in [3.63, 3.8) is 0 Å². The normalized spacial score (nSPS) is 16.0. The number of carbonyl (C=O) groups is 2. The number of benzene rings is 3. The highest BCUT2D eigenvalue weighted by Gasteiger charge is 2.48. The summed E-state index contributed by atoms with van der Waals surface area (Å²) in [4.78, 5) is 28.3.